The third-order valence-corrected chi connectivity index (χ3v) is 8.15. The van der Waals surface area contributed by atoms with Crippen molar-refractivity contribution in [3.8, 4) is 17.2 Å². The molecule has 5 N–H and O–H groups in total. The molecule has 4 rings (SSSR count). The van der Waals surface area contributed by atoms with Crippen molar-refractivity contribution in [3.63, 3.8) is 0 Å². The molecule has 0 radical (unpaired) electrons. The van der Waals surface area contributed by atoms with E-state index in [2.05, 4.69) is 30.1 Å². The zero-order valence-electron chi connectivity index (χ0n) is 22.1. The molecule has 37 heavy (non-hydrogen) atoms. The molecule has 6 nitrogen and oxygen atoms in total. The van der Waals surface area contributed by atoms with Crippen LogP contribution in [-0.4, -0.2) is 29.0 Å². The Morgan fingerprint density at radius 1 is 1.08 bits per heavy atom. The average molecular weight is 520 g/mol. The first-order chi connectivity index (χ1) is 17.6. The van der Waals surface area contributed by atoms with Gasteiger partial charge in [0.15, 0.2) is 5.96 Å². The molecule has 0 aromatic heterocycles. The molecule has 0 bridgehead atoms. The number of thioether (sulfide) groups is 1. The van der Waals surface area contributed by atoms with Gasteiger partial charge in [-0.15, -0.1) is 11.8 Å². The molecule has 1 atom stereocenters. The van der Waals surface area contributed by atoms with E-state index in [-0.39, 0.29) is 11.6 Å². The van der Waals surface area contributed by atoms with Crippen molar-refractivity contribution >= 4 is 23.4 Å². The summed E-state index contributed by atoms with van der Waals surface area (Å²) in [5.74, 6) is 3.22. The molecule has 0 saturated heterocycles. The molecule has 7 heteroatoms. The van der Waals surface area contributed by atoms with Crippen LogP contribution in [0.15, 0.2) is 58.4 Å². The fourth-order valence-corrected chi connectivity index (χ4v) is 5.64. The standard InChI is InChI=1S/C30H37N3O3S/c1-19-20(2)28-26(21(3)27(19)34)12-14-30(4,36-28)15-16-35-24-10-8-22(9-11-24)13-17-37-25-7-5-6-23(18-25)33-29(31)32/h5-11,18,34H,12-17H2,1-4H3,(H4,31,32,33). The van der Waals surface area contributed by atoms with E-state index in [9.17, 15) is 5.11 Å². The largest absolute Gasteiger partial charge is 0.507 e. The topological polar surface area (TPSA) is 103 Å². The van der Waals surface area contributed by atoms with Crippen LogP contribution in [0.3, 0.4) is 0 Å². The van der Waals surface area contributed by atoms with Crippen molar-refractivity contribution in [1.82, 2.24) is 0 Å². The molecule has 1 aliphatic heterocycles. The number of fused-ring (bicyclic) bond motifs is 1. The number of ether oxygens (including phenoxy) is 2. The fourth-order valence-electron chi connectivity index (χ4n) is 4.69. The highest BCUT2D eigenvalue weighted by molar-refractivity contribution is 7.99. The lowest BCUT2D eigenvalue weighted by atomic mass is 9.86. The molecule has 3 aromatic carbocycles. The fraction of sp³-hybridized carbons (Fsp3) is 0.367. The van der Waals surface area contributed by atoms with E-state index in [4.69, 9.17) is 20.9 Å². The minimum atomic E-state index is -0.288. The SMILES string of the molecule is Cc1c(C)c2c(c(C)c1O)CCC(C)(CCOc1ccc(CCSc3cccc(N=C(N)N)c3)cc1)O2. The van der Waals surface area contributed by atoms with Crippen molar-refractivity contribution in [2.24, 2.45) is 16.5 Å². The Labute approximate surface area is 224 Å². The Kier molecular flexibility index (Phi) is 8.22. The first-order valence-electron chi connectivity index (χ1n) is 12.7. The van der Waals surface area contributed by atoms with Crippen LogP contribution < -0.4 is 20.9 Å². The molecule has 3 aromatic rings. The van der Waals surface area contributed by atoms with E-state index in [1.807, 2.05) is 51.1 Å². The minimum absolute atomic E-state index is 0.0663. The van der Waals surface area contributed by atoms with Crippen molar-refractivity contribution in [1.29, 1.82) is 0 Å². The third-order valence-electron chi connectivity index (χ3n) is 7.15. The lowest BCUT2D eigenvalue weighted by molar-refractivity contribution is 0.0411. The van der Waals surface area contributed by atoms with Gasteiger partial charge in [-0.1, -0.05) is 18.2 Å². The van der Waals surface area contributed by atoms with Crippen LogP contribution in [-0.2, 0) is 12.8 Å². The summed E-state index contributed by atoms with van der Waals surface area (Å²) in [6.07, 6.45) is 3.55. The molecular formula is C30H37N3O3S. The van der Waals surface area contributed by atoms with Gasteiger partial charge in [0.2, 0.25) is 0 Å². The number of phenolic OH excluding ortho intramolecular Hbond substituents is 1. The highest BCUT2D eigenvalue weighted by Gasteiger charge is 2.34. The number of benzene rings is 3. The van der Waals surface area contributed by atoms with Gasteiger partial charge in [-0.25, -0.2) is 4.99 Å². The zero-order chi connectivity index (χ0) is 26.6. The summed E-state index contributed by atoms with van der Waals surface area (Å²) in [6.45, 7) is 8.70. The number of guanidine groups is 1. The maximum absolute atomic E-state index is 10.4. The van der Waals surface area contributed by atoms with Crippen molar-refractivity contribution in [2.75, 3.05) is 12.4 Å². The van der Waals surface area contributed by atoms with Gasteiger partial charge < -0.3 is 26.0 Å². The van der Waals surface area contributed by atoms with E-state index in [0.29, 0.717) is 12.4 Å². The number of nitrogens with two attached hydrogens (primary N) is 2. The van der Waals surface area contributed by atoms with Crippen molar-refractivity contribution in [3.05, 3.63) is 76.3 Å². The van der Waals surface area contributed by atoms with E-state index >= 15 is 0 Å². The molecule has 1 aliphatic rings. The second-order valence-electron chi connectivity index (χ2n) is 9.96. The number of aromatic hydroxyl groups is 1. The molecule has 0 aliphatic carbocycles. The summed E-state index contributed by atoms with van der Waals surface area (Å²) in [4.78, 5) is 5.25. The van der Waals surface area contributed by atoms with Crippen LogP contribution in [0.1, 0.15) is 47.6 Å². The van der Waals surface area contributed by atoms with Gasteiger partial charge in [-0.2, -0.15) is 0 Å². The van der Waals surface area contributed by atoms with Crippen LogP contribution in [0.25, 0.3) is 0 Å². The van der Waals surface area contributed by atoms with Crippen LogP contribution in [0, 0.1) is 20.8 Å². The molecule has 0 amide bonds. The first kappa shape index (κ1) is 26.7. The van der Waals surface area contributed by atoms with Crippen LogP contribution in [0.5, 0.6) is 17.2 Å². The van der Waals surface area contributed by atoms with Gasteiger partial charge in [0.25, 0.3) is 0 Å². The van der Waals surface area contributed by atoms with Gasteiger partial charge in [-0.05, 0) is 99.5 Å². The predicted octanol–water partition coefficient (Wildman–Crippen LogP) is 6.11. The van der Waals surface area contributed by atoms with E-state index in [0.717, 1.165) is 75.8 Å². The number of phenols is 1. The summed E-state index contributed by atoms with van der Waals surface area (Å²) in [5.41, 5.74) is 16.7. The molecule has 0 saturated carbocycles. The van der Waals surface area contributed by atoms with Crippen LogP contribution >= 0.6 is 11.8 Å². The Bertz CT molecular complexity index is 1290. The Hall–Kier alpha value is -3.32. The van der Waals surface area contributed by atoms with Gasteiger partial charge in [-0.3, -0.25) is 0 Å². The number of rotatable bonds is 9. The molecule has 196 valence electrons. The quantitative estimate of drug-likeness (QED) is 0.179. The normalized spacial score (nSPS) is 16.5. The third kappa shape index (κ3) is 6.52. The summed E-state index contributed by atoms with van der Waals surface area (Å²) in [7, 11) is 0. The van der Waals surface area contributed by atoms with Gasteiger partial charge in [0, 0.05) is 22.6 Å². The summed E-state index contributed by atoms with van der Waals surface area (Å²) in [6, 6.07) is 16.2. The molecule has 0 fully saturated rings. The lowest BCUT2D eigenvalue weighted by Crippen LogP contribution is -2.38. The van der Waals surface area contributed by atoms with Gasteiger partial charge in [0.05, 0.1) is 12.3 Å². The molecule has 1 unspecified atom stereocenters. The van der Waals surface area contributed by atoms with Crippen LogP contribution in [0.4, 0.5) is 5.69 Å². The van der Waals surface area contributed by atoms with E-state index in [1.54, 1.807) is 11.8 Å². The lowest BCUT2D eigenvalue weighted by Gasteiger charge is -2.38. The second kappa shape index (κ2) is 11.4. The number of aryl methyl sites for hydroxylation is 1. The Morgan fingerprint density at radius 2 is 1.84 bits per heavy atom. The smallest absolute Gasteiger partial charge is 0.191 e. The van der Waals surface area contributed by atoms with Crippen molar-refractivity contribution < 1.29 is 14.6 Å². The average Bonchev–Trinajstić information content (AvgIpc) is 2.87. The molecule has 0 spiro atoms. The minimum Gasteiger partial charge on any atom is -0.507 e. The first-order valence-corrected chi connectivity index (χ1v) is 13.7. The highest BCUT2D eigenvalue weighted by atomic mass is 32.2. The number of nitrogens with zero attached hydrogens (tertiary/aromatic N) is 1. The zero-order valence-corrected chi connectivity index (χ0v) is 23.0. The molecular weight excluding hydrogens is 482 g/mol. The van der Waals surface area contributed by atoms with E-state index < -0.39 is 0 Å². The second-order valence-corrected chi connectivity index (χ2v) is 11.1. The Morgan fingerprint density at radius 3 is 2.57 bits per heavy atom. The Balaban J connectivity index is 1.26. The summed E-state index contributed by atoms with van der Waals surface area (Å²) in [5, 5.41) is 10.4. The predicted molar refractivity (Wildman–Crippen MR) is 153 cm³/mol. The summed E-state index contributed by atoms with van der Waals surface area (Å²) >= 11 is 1.78. The number of aliphatic imine (C=N–C) groups is 1. The van der Waals surface area contributed by atoms with E-state index in [1.165, 1.54) is 5.56 Å². The summed E-state index contributed by atoms with van der Waals surface area (Å²) < 4.78 is 12.6. The van der Waals surface area contributed by atoms with Gasteiger partial charge >= 0.3 is 0 Å². The maximum atomic E-state index is 10.4. The molecule has 1 heterocycles. The monoisotopic (exact) mass is 519 g/mol. The number of hydrogen-bond donors (Lipinski definition) is 3. The number of hydrogen-bond acceptors (Lipinski definition) is 5. The maximum Gasteiger partial charge on any atom is 0.191 e. The van der Waals surface area contributed by atoms with Crippen molar-refractivity contribution in [2.45, 2.75) is 63.9 Å². The highest BCUT2D eigenvalue weighted by Crippen LogP contribution is 2.44. The van der Waals surface area contributed by atoms with Crippen LogP contribution in [0.2, 0.25) is 0 Å². The van der Waals surface area contributed by atoms with Gasteiger partial charge in [0.1, 0.15) is 22.8 Å².